The summed E-state index contributed by atoms with van der Waals surface area (Å²) < 4.78 is 10.3. The smallest absolute Gasteiger partial charge is 0.339 e. The first-order chi connectivity index (χ1) is 6.77. The number of ether oxygens (including phenoxy) is 2. The Hall–Kier alpha value is -1.62. The molecule has 0 radical (unpaired) electrons. The van der Waals surface area contributed by atoms with Gasteiger partial charge in [-0.15, -0.1) is 0 Å². The largest absolute Gasteiger partial charge is 0.483 e. The molecule has 0 amide bonds. The highest BCUT2D eigenvalue weighted by Crippen LogP contribution is 2.19. The zero-order chi connectivity index (χ0) is 9.97. The van der Waals surface area contributed by atoms with E-state index in [4.69, 9.17) is 14.6 Å². The van der Waals surface area contributed by atoms with Crippen molar-refractivity contribution in [1.29, 1.82) is 0 Å². The first-order valence-corrected chi connectivity index (χ1v) is 4.19. The molecule has 1 N–H and O–H groups in total. The number of nitrogens with zero attached hydrogens (tertiary/aromatic N) is 1. The van der Waals surface area contributed by atoms with E-state index in [9.17, 15) is 4.79 Å². The minimum Gasteiger partial charge on any atom is -0.483 e. The zero-order valence-corrected chi connectivity index (χ0v) is 7.34. The number of pyridine rings is 1. The van der Waals surface area contributed by atoms with E-state index in [0.717, 1.165) is 0 Å². The molecule has 1 aromatic rings. The van der Waals surface area contributed by atoms with Crippen molar-refractivity contribution in [2.45, 2.75) is 6.10 Å². The molecule has 2 rings (SSSR count). The topological polar surface area (TPSA) is 68.7 Å². The lowest BCUT2D eigenvalue weighted by Gasteiger charge is -2.26. The summed E-state index contributed by atoms with van der Waals surface area (Å²) in [6, 6.07) is 1.41. The summed E-state index contributed by atoms with van der Waals surface area (Å²) in [4.78, 5) is 14.6. The summed E-state index contributed by atoms with van der Waals surface area (Å²) in [5.41, 5.74) is 0.131. The van der Waals surface area contributed by atoms with E-state index in [1.807, 2.05) is 0 Å². The Labute approximate surface area is 80.3 Å². The molecule has 1 aliphatic heterocycles. The van der Waals surface area contributed by atoms with E-state index >= 15 is 0 Å². The van der Waals surface area contributed by atoms with Crippen molar-refractivity contribution in [2.24, 2.45) is 0 Å². The molecule has 5 heteroatoms. The van der Waals surface area contributed by atoms with Gasteiger partial charge < -0.3 is 14.6 Å². The second-order valence-electron chi connectivity index (χ2n) is 2.95. The zero-order valence-electron chi connectivity index (χ0n) is 7.34. The van der Waals surface area contributed by atoms with Crippen LogP contribution in [0.1, 0.15) is 10.4 Å². The highest BCUT2D eigenvalue weighted by atomic mass is 16.6. The third-order valence-electron chi connectivity index (χ3n) is 1.92. The highest BCUT2D eigenvalue weighted by molar-refractivity contribution is 5.90. The van der Waals surface area contributed by atoms with Gasteiger partial charge >= 0.3 is 5.97 Å². The summed E-state index contributed by atoms with van der Waals surface area (Å²) in [7, 11) is 0. The van der Waals surface area contributed by atoms with Gasteiger partial charge in [-0.1, -0.05) is 0 Å². The molecule has 0 saturated carbocycles. The lowest BCUT2D eigenvalue weighted by molar-refractivity contribution is -0.0800. The van der Waals surface area contributed by atoms with E-state index in [0.29, 0.717) is 19.0 Å². The third-order valence-corrected chi connectivity index (χ3v) is 1.92. The Morgan fingerprint density at radius 2 is 2.43 bits per heavy atom. The Kier molecular flexibility index (Phi) is 2.32. The minimum absolute atomic E-state index is 0.0442. The molecule has 2 heterocycles. The van der Waals surface area contributed by atoms with Gasteiger partial charge in [-0.25, -0.2) is 4.79 Å². The van der Waals surface area contributed by atoms with Crippen LogP contribution in [0.4, 0.5) is 0 Å². The number of hydrogen-bond acceptors (Lipinski definition) is 4. The molecule has 1 aliphatic rings. The molecule has 0 unspecified atom stereocenters. The SMILES string of the molecule is O=C(O)c1ccncc1OC1COC1. The average molecular weight is 195 g/mol. The molecule has 0 spiro atoms. The van der Waals surface area contributed by atoms with Gasteiger partial charge in [0.25, 0.3) is 0 Å². The van der Waals surface area contributed by atoms with Crippen molar-refractivity contribution < 1.29 is 19.4 Å². The molecule has 1 fully saturated rings. The van der Waals surface area contributed by atoms with Crippen molar-refractivity contribution in [3.05, 3.63) is 24.0 Å². The van der Waals surface area contributed by atoms with Crippen LogP contribution in [0.2, 0.25) is 0 Å². The quantitative estimate of drug-likeness (QED) is 0.763. The standard InChI is InChI=1S/C9H9NO4/c11-9(12)7-1-2-10-3-8(7)14-6-4-13-5-6/h1-3,6H,4-5H2,(H,11,12). The summed E-state index contributed by atoms with van der Waals surface area (Å²) in [6.45, 7) is 1.02. The maximum absolute atomic E-state index is 10.8. The summed E-state index contributed by atoms with van der Waals surface area (Å²) in [5.74, 6) is -0.712. The van der Waals surface area contributed by atoms with Crippen LogP contribution in [0.25, 0.3) is 0 Å². The van der Waals surface area contributed by atoms with Gasteiger partial charge in [0.05, 0.1) is 19.4 Å². The first kappa shape index (κ1) is 8.96. The molecule has 0 aliphatic carbocycles. The highest BCUT2D eigenvalue weighted by Gasteiger charge is 2.22. The molecule has 0 aromatic carbocycles. The monoisotopic (exact) mass is 195 g/mol. The van der Waals surface area contributed by atoms with Gasteiger partial charge in [0, 0.05) is 6.20 Å². The van der Waals surface area contributed by atoms with Crippen LogP contribution in [0.3, 0.4) is 0 Å². The predicted octanol–water partition coefficient (Wildman–Crippen LogP) is 0.557. The number of aromatic nitrogens is 1. The fraction of sp³-hybridized carbons (Fsp3) is 0.333. The lowest BCUT2D eigenvalue weighted by atomic mass is 10.2. The van der Waals surface area contributed by atoms with Gasteiger partial charge in [0.1, 0.15) is 11.7 Å². The van der Waals surface area contributed by atoms with E-state index in [2.05, 4.69) is 4.98 Å². The van der Waals surface area contributed by atoms with Crippen molar-refractivity contribution in [3.8, 4) is 5.75 Å². The van der Waals surface area contributed by atoms with Crippen LogP contribution < -0.4 is 4.74 Å². The van der Waals surface area contributed by atoms with Gasteiger partial charge in [0.15, 0.2) is 5.75 Å². The van der Waals surface area contributed by atoms with Crippen LogP contribution in [0, 0.1) is 0 Å². The number of hydrogen-bond donors (Lipinski definition) is 1. The molecule has 0 bridgehead atoms. The van der Waals surface area contributed by atoms with E-state index < -0.39 is 5.97 Å². The number of carbonyl (C=O) groups is 1. The number of aromatic carboxylic acids is 1. The van der Waals surface area contributed by atoms with Gasteiger partial charge in [-0.2, -0.15) is 0 Å². The minimum atomic E-state index is -1.01. The Morgan fingerprint density at radius 1 is 1.64 bits per heavy atom. The van der Waals surface area contributed by atoms with Gasteiger partial charge in [-0.05, 0) is 6.07 Å². The van der Waals surface area contributed by atoms with Crippen LogP contribution in [0.15, 0.2) is 18.5 Å². The maximum atomic E-state index is 10.8. The number of carboxylic acid groups (broad SMARTS) is 1. The summed E-state index contributed by atoms with van der Waals surface area (Å²) in [6.07, 6.45) is 2.78. The fourth-order valence-corrected chi connectivity index (χ4v) is 1.11. The third kappa shape index (κ3) is 1.67. The first-order valence-electron chi connectivity index (χ1n) is 4.19. The van der Waals surface area contributed by atoms with Crippen molar-refractivity contribution in [2.75, 3.05) is 13.2 Å². The second kappa shape index (κ2) is 3.63. The molecule has 1 saturated heterocycles. The van der Waals surface area contributed by atoms with Crippen LogP contribution in [0.5, 0.6) is 5.75 Å². The van der Waals surface area contributed by atoms with E-state index in [1.165, 1.54) is 18.5 Å². The lowest BCUT2D eigenvalue weighted by Crippen LogP contribution is -2.38. The molecule has 5 nitrogen and oxygen atoms in total. The van der Waals surface area contributed by atoms with E-state index in [1.54, 1.807) is 0 Å². The van der Waals surface area contributed by atoms with Crippen LogP contribution in [-0.4, -0.2) is 35.4 Å². The van der Waals surface area contributed by atoms with E-state index in [-0.39, 0.29) is 11.7 Å². The maximum Gasteiger partial charge on any atom is 0.339 e. The van der Waals surface area contributed by atoms with Gasteiger partial charge in [-0.3, -0.25) is 4.98 Å². The molecule has 0 atom stereocenters. The second-order valence-corrected chi connectivity index (χ2v) is 2.95. The Balaban J connectivity index is 2.17. The average Bonchev–Trinajstić information content (AvgIpc) is 2.12. The van der Waals surface area contributed by atoms with Crippen molar-refractivity contribution >= 4 is 5.97 Å². The van der Waals surface area contributed by atoms with Gasteiger partial charge in [0.2, 0.25) is 0 Å². The van der Waals surface area contributed by atoms with Crippen molar-refractivity contribution in [1.82, 2.24) is 4.98 Å². The molecular weight excluding hydrogens is 186 g/mol. The number of rotatable bonds is 3. The molecular formula is C9H9NO4. The van der Waals surface area contributed by atoms with Crippen LogP contribution in [-0.2, 0) is 4.74 Å². The van der Waals surface area contributed by atoms with Crippen molar-refractivity contribution in [3.63, 3.8) is 0 Å². The predicted molar refractivity (Wildman–Crippen MR) is 46.4 cm³/mol. The summed E-state index contributed by atoms with van der Waals surface area (Å²) >= 11 is 0. The fourth-order valence-electron chi connectivity index (χ4n) is 1.11. The Morgan fingerprint density at radius 3 is 3.00 bits per heavy atom. The number of carboxylic acids is 1. The molecule has 1 aromatic heterocycles. The summed E-state index contributed by atoms with van der Waals surface area (Å²) in [5, 5.41) is 8.83. The molecule has 14 heavy (non-hydrogen) atoms. The normalized spacial score (nSPS) is 16.0. The molecule has 74 valence electrons. The Bertz CT molecular complexity index is 348. The van der Waals surface area contributed by atoms with Crippen LogP contribution >= 0.6 is 0 Å².